The van der Waals surface area contributed by atoms with Crippen molar-refractivity contribution in [1.29, 1.82) is 0 Å². The molecule has 3 aromatic rings. The van der Waals surface area contributed by atoms with Crippen LogP contribution in [0.4, 0.5) is 0 Å². The first-order valence-electron chi connectivity index (χ1n) is 7.28. The molecule has 0 unspecified atom stereocenters. The van der Waals surface area contributed by atoms with Gasteiger partial charge in [0.15, 0.2) is 0 Å². The minimum Gasteiger partial charge on any atom is -0.462 e. The molecule has 4 heteroatoms. The van der Waals surface area contributed by atoms with Gasteiger partial charge in [-0.05, 0) is 42.3 Å². The number of rotatable bonds is 2. The molecule has 0 amide bonds. The number of esters is 1. The largest absolute Gasteiger partial charge is 0.462 e. The quantitative estimate of drug-likeness (QED) is 0.530. The summed E-state index contributed by atoms with van der Waals surface area (Å²) >= 11 is 3.53. The van der Waals surface area contributed by atoms with Crippen LogP contribution in [0.1, 0.15) is 28.4 Å². The fraction of sp³-hybridized carbons (Fsp3) is 0.167. The zero-order valence-electron chi connectivity index (χ0n) is 12.1. The van der Waals surface area contributed by atoms with E-state index < -0.39 is 0 Å². The van der Waals surface area contributed by atoms with E-state index in [4.69, 9.17) is 4.74 Å². The van der Waals surface area contributed by atoms with E-state index in [9.17, 15) is 4.79 Å². The maximum Gasteiger partial charge on any atom is 0.338 e. The van der Waals surface area contributed by atoms with Crippen molar-refractivity contribution in [2.45, 2.75) is 13.3 Å². The van der Waals surface area contributed by atoms with Crippen molar-refractivity contribution in [3.8, 4) is 11.3 Å². The fourth-order valence-corrected chi connectivity index (χ4v) is 3.58. The molecule has 1 aliphatic rings. The van der Waals surface area contributed by atoms with Crippen LogP contribution in [0.3, 0.4) is 0 Å². The molecular weight excluding hydrogens is 342 g/mol. The second-order valence-corrected chi connectivity index (χ2v) is 6.31. The van der Waals surface area contributed by atoms with Gasteiger partial charge in [0.05, 0.1) is 17.9 Å². The van der Waals surface area contributed by atoms with E-state index in [1.165, 1.54) is 10.9 Å². The van der Waals surface area contributed by atoms with Crippen LogP contribution < -0.4 is 0 Å². The number of fused-ring (bicyclic) bond motifs is 5. The van der Waals surface area contributed by atoms with Crippen LogP contribution in [-0.2, 0) is 11.2 Å². The summed E-state index contributed by atoms with van der Waals surface area (Å²) in [7, 11) is 0. The van der Waals surface area contributed by atoms with E-state index in [2.05, 4.69) is 39.1 Å². The predicted octanol–water partition coefficient (Wildman–Crippen LogP) is 4.68. The van der Waals surface area contributed by atoms with E-state index >= 15 is 0 Å². The van der Waals surface area contributed by atoms with Crippen molar-refractivity contribution < 1.29 is 9.53 Å². The normalized spacial score (nSPS) is 12.3. The number of aromatic amines is 1. The lowest BCUT2D eigenvalue weighted by atomic mass is 10.0. The van der Waals surface area contributed by atoms with E-state index in [0.29, 0.717) is 12.2 Å². The number of carbonyl (C=O) groups is 1. The van der Waals surface area contributed by atoms with Crippen LogP contribution >= 0.6 is 15.9 Å². The lowest BCUT2D eigenvalue weighted by Crippen LogP contribution is -2.07. The molecule has 1 heterocycles. The molecule has 110 valence electrons. The van der Waals surface area contributed by atoms with Gasteiger partial charge in [-0.2, -0.15) is 0 Å². The highest BCUT2D eigenvalue weighted by atomic mass is 79.9. The Morgan fingerprint density at radius 1 is 1.27 bits per heavy atom. The Morgan fingerprint density at radius 2 is 2.14 bits per heavy atom. The average Bonchev–Trinajstić information content (AvgIpc) is 3.03. The summed E-state index contributed by atoms with van der Waals surface area (Å²) in [5.74, 6) is -0.241. The Balaban J connectivity index is 1.90. The van der Waals surface area contributed by atoms with Gasteiger partial charge < -0.3 is 9.72 Å². The molecule has 3 nitrogen and oxygen atoms in total. The SMILES string of the molecule is CCOC(=O)c1cccc2c1Cc1c-2[nH]c2ccc(Br)cc12. The minimum absolute atomic E-state index is 0.241. The first kappa shape index (κ1) is 13.6. The van der Waals surface area contributed by atoms with Crippen molar-refractivity contribution in [2.24, 2.45) is 0 Å². The maximum absolute atomic E-state index is 12.2. The molecule has 0 bridgehead atoms. The molecule has 0 aliphatic heterocycles. The first-order chi connectivity index (χ1) is 10.7. The van der Waals surface area contributed by atoms with Gasteiger partial charge in [0, 0.05) is 27.4 Å². The number of benzene rings is 2. The zero-order valence-corrected chi connectivity index (χ0v) is 13.7. The summed E-state index contributed by atoms with van der Waals surface area (Å²) in [6.07, 6.45) is 0.760. The number of hydrogen-bond acceptors (Lipinski definition) is 2. The smallest absolute Gasteiger partial charge is 0.338 e. The van der Waals surface area contributed by atoms with Crippen molar-refractivity contribution in [2.75, 3.05) is 6.61 Å². The summed E-state index contributed by atoms with van der Waals surface area (Å²) < 4.78 is 6.24. The number of H-pyrrole nitrogens is 1. The van der Waals surface area contributed by atoms with Crippen LogP contribution in [0.15, 0.2) is 40.9 Å². The lowest BCUT2D eigenvalue weighted by Gasteiger charge is -2.08. The molecular formula is C18H14BrNO2. The molecule has 2 aromatic carbocycles. The minimum atomic E-state index is -0.241. The molecule has 0 spiro atoms. The van der Waals surface area contributed by atoms with Crippen LogP contribution in [0.25, 0.3) is 22.2 Å². The van der Waals surface area contributed by atoms with Crippen LogP contribution in [0.2, 0.25) is 0 Å². The number of nitrogens with one attached hydrogen (secondary N) is 1. The fourth-order valence-electron chi connectivity index (χ4n) is 3.22. The summed E-state index contributed by atoms with van der Waals surface area (Å²) in [4.78, 5) is 15.6. The third-order valence-electron chi connectivity index (χ3n) is 4.16. The van der Waals surface area contributed by atoms with Gasteiger partial charge in [-0.3, -0.25) is 0 Å². The Kier molecular flexibility index (Phi) is 3.08. The molecule has 0 radical (unpaired) electrons. The number of hydrogen-bond donors (Lipinski definition) is 1. The summed E-state index contributed by atoms with van der Waals surface area (Å²) in [6.45, 7) is 2.22. The molecule has 0 saturated carbocycles. The van der Waals surface area contributed by atoms with E-state index in [1.807, 2.05) is 25.1 Å². The monoisotopic (exact) mass is 355 g/mol. The van der Waals surface area contributed by atoms with E-state index in [1.54, 1.807) is 0 Å². The number of halogens is 1. The lowest BCUT2D eigenvalue weighted by molar-refractivity contribution is 0.0525. The van der Waals surface area contributed by atoms with Crippen molar-refractivity contribution >= 4 is 32.8 Å². The number of ether oxygens (including phenoxy) is 1. The molecule has 1 aromatic heterocycles. The van der Waals surface area contributed by atoms with Gasteiger partial charge in [-0.15, -0.1) is 0 Å². The van der Waals surface area contributed by atoms with Gasteiger partial charge in [-0.25, -0.2) is 4.79 Å². The van der Waals surface area contributed by atoms with Gasteiger partial charge in [-0.1, -0.05) is 28.1 Å². The summed E-state index contributed by atoms with van der Waals surface area (Å²) in [6, 6.07) is 12.1. The standard InChI is InChI=1S/C18H14BrNO2/c1-2-22-18(21)12-5-3-4-11-13(12)9-15-14-8-10(19)6-7-16(14)20-17(11)15/h3-8,20H,2,9H2,1H3. The first-order valence-corrected chi connectivity index (χ1v) is 8.08. The molecule has 1 aliphatic carbocycles. The van der Waals surface area contributed by atoms with E-state index in [-0.39, 0.29) is 5.97 Å². The highest BCUT2D eigenvalue weighted by molar-refractivity contribution is 9.10. The second-order valence-electron chi connectivity index (χ2n) is 5.40. The Bertz CT molecular complexity index is 911. The van der Waals surface area contributed by atoms with Gasteiger partial charge >= 0.3 is 5.97 Å². The summed E-state index contributed by atoms with van der Waals surface area (Å²) in [5.41, 5.74) is 6.33. The van der Waals surface area contributed by atoms with Crippen molar-refractivity contribution in [1.82, 2.24) is 4.98 Å². The third-order valence-corrected chi connectivity index (χ3v) is 4.66. The van der Waals surface area contributed by atoms with Crippen LogP contribution in [-0.4, -0.2) is 17.6 Å². The van der Waals surface area contributed by atoms with Crippen molar-refractivity contribution in [3.63, 3.8) is 0 Å². The number of aromatic nitrogens is 1. The topological polar surface area (TPSA) is 42.1 Å². The Morgan fingerprint density at radius 3 is 2.95 bits per heavy atom. The molecule has 4 rings (SSSR count). The van der Waals surface area contributed by atoms with Gasteiger partial charge in [0.2, 0.25) is 0 Å². The Labute approximate surface area is 136 Å². The van der Waals surface area contributed by atoms with Gasteiger partial charge in [0.1, 0.15) is 0 Å². The third kappa shape index (κ3) is 1.91. The second kappa shape index (κ2) is 4.99. The molecule has 0 fully saturated rings. The highest BCUT2D eigenvalue weighted by Crippen LogP contribution is 2.42. The van der Waals surface area contributed by atoms with Crippen LogP contribution in [0, 0.1) is 0 Å². The number of carbonyl (C=O) groups excluding carboxylic acids is 1. The van der Waals surface area contributed by atoms with Crippen molar-refractivity contribution in [3.05, 3.63) is 57.6 Å². The summed E-state index contributed by atoms with van der Waals surface area (Å²) in [5, 5.41) is 1.20. The molecule has 0 saturated heterocycles. The highest BCUT2D eigenvalue weighted by Gasteiger charge is 2.27. The molecule has 0 atom stereocenters. The molecule has 1 N–H and O–H groups in total. The van der Waals surface area contributed by atoms with Crippen LogP contribution in [0.5, 0.6) is 0 Å². The predicted molar refractivity (Wildman–Crippen MR) is 90.2 cm³/mol. The zero-order chi connectivity index (χ0) is 15.3. The Hall–Kier alpha value is -2.07. The average molecular weight is 356 g/mol. The maximum atomic E-state index is 12.2. The molecule has 22 heavy (non-hydrogen) atoms. The van der Waals surface area contributed by atoms with E-state index in [0.717, 1.165) is 33.2 Å². The van der Waals surface area contributed by atoms with Gasteiger partial charge in [0.25, 0.3) is 0 Å².